The second-order valence-electron chi connectivity index (χ2n) is 4.97. The van der Waals surface area contributed by atoms with Gasteiger partial charge < -0.3 is 24.1 Å². The molecule has 108 valence electrons. The monoisotopic (exact) mass is 270 g/mol. The second kappa shape index (κ2) is 6.52. The van der Waals surface area contributed by atoms with Crippen molar-refractivity contribution < 1.29 is 24.1 Å². The van der Waals surface area contributed by atoms with Crippen molar-refractivity contribution in [1.82, 2.24) is 0 Å². The summed E-state index contributed by atoms with van der Waals surface area (Å²) >= 11 is 0. The van der Waals surface area contributed by atoms with E-state index in [0.717, 1.165) is 0 Å². The SMILES string of the molecule is COc1cc(OCC(C)(C)CO)cc(OC)c1OC. The van der Waals surface area contributed by atoms with Crippen LogP contribution in [-0.2, 0) is 0 Å². The molecule has 0 radical (unpaired) electrons. The van der Waals surface area contributed by atoms with Crippen molar-refractivity contribution in [3.05, 3.63) is 12.1 Å². The quantitative estimate of drug-likeness (QED) is 0.822. The predicted molar refractivity (Wildman–Crippen MR) is 72.5 cm³/mol. The van der Waals surface area contributed by atoms with E-state index < -0.39 is 0 Å². The number of ether oxygens (including phenoxy) is 4. The van der Waals surface area contributed by atoms with Gasteiger partial charge in [-0.15, -0.1) is 0 Å². The van der Waals surface area contributed by atoms with Crippen molar-refractivity contribution in [1.29, 1.82) is 0 Å². The van der Waals surface area contributed by atoms with Crippen LogP contribution in [0.5, 0.6) is 23.0 Å². The van der Waals surface area contributed by atoms with Crippen LogP contribution in [0.3, 0.4) is 0 Å². The topological polar surface area (TPSA) is 57.2 Å². The van der Waals surface area contributed by atoms with E-state index in [4.69, 9.17) is 18.9 Å². The van der Waals surface area contributed by atoms with Crippen LogP contribution in [0.4, 0.5) is 0 Å². The van der Waals surface area contributed by atoms with Gasteiger partial charge in [-0.05, 0) is 0 Å². The van der Waals surface area contributed by atoms with Crippen LogP contribution < -0.4 is 18.9 Å². The molecule has 0 unspecified atom stereocenters. The molecule has 1 aromatic carbocycles. The highest BCUT2D eigenvalue weighted by Gasteiger charge is 2.19. The Morgan fingerprint density at radius 3 is 1.89 bits per heavy atom. The average Bonchev–Trinajstić information content (AvgIpc) is 2.43. The third-order valence-corrected chi connectivity index (χ3v) is 2.70. The molecule has 1 aromatic rings. The molecule has 5 heteroatoms. The number of benzene rings is 1. The maximum absolute atomic E-state index is 9.21. The van der Waals surface area contributed by atoms with Gasteiger partial charge in [0.1, 0.15) is 5.75 Å². The van der Waals surface area contributed by atoms with Gasteiger partial charge in [0.25, 0.3) is 0 Å². The Hall–Kier alpha value is -1.62. The van der Waals surface area contributed by atoms with Gasteiger partial charge in [-0.1, -0.05) is 13.8 Å². The summed E-state index contributed by atoms with van der Waals surface area (Å²) in [6.45, 7) is 4.29. The molecule has 1 rings (SSSR count). The van der Waals surface area contributed by atoms with E-state index in [0.29, 0.717) is 29.6 Å². The highest BCUT2D eigenvalue weighted by Crippen LogP contribution is 2.41. The molecule has 0 aliphatic carbocycles. The Morgan fingerprint density at radius 1 is 1.00 bits per heavy atom. The fourth-order valence-corrected chi connectivity index (χ4v) is 1.46. The molecular weight excluding hydrogens is 248 g/mol. The molecule has 0 heterocycles. The molecular formula is C14H22O5. The van der Waals surface area contributed by atoms with Crippen LogP contribution in [-0.4, -0.2) is 39.6 Å². The van der Waals surface area contributed by atoms with Crippen molar-refractivity contribution in [2.24, 2.45) is 5.41 Å². The number of methoxy groups -OCH3 is 3. The van der Waals surface area contributed by atoms with Crippen molar-refractivity contribution >= 4 is 0 Å². The van der Waals surface area contributed by atoms with Crippen LogP contribution in [0, 0.1) is 5.41 Å². The molecule has 0 aliphatic heterocycles. The maximum atomic E-state index is 9.21. The number of rotatable bonds is 7. The highest BCUT2D eigenvalue weighted by atomic mass is 16.5. The van der Waals surface area contributed by atoms with Crippen LogP contribution in [0.1, 0.15) is 13.8 Å². The molecule has 0 saturated carbocycles. The standard InChI is InChI=1S/C14H22O5/c1-14(2,8-15)9-19-10-6-11(16-3)13(18-5)12(7-10)17-4/h6-7,15H,8-9H2,1-5H3. The first-order chi connectivity index (χ1) is 8.97. The van der Waals surface area contributed by atoms with Crippen LogP contribution in [0.25, 0.3) is 0 Å². The molecule has 0 amide bonds. The lowest BCUT2D eigenvalue weighted by molar-refractivity contribution is 0.0972. The zero-order chi connectivity index (χ0) is 14.5. The van der Waals surface area contributed by atoms with E-state index in [1.807, 2.05) is 13.8 Å². The summed E-state index contributed by atoms with van der Waals surface area (Å²) in [4.78, 5) is 0. The fraction of sp³-hybridized carbons (Fsp3) is 0.571. The average molecular weight is 270 g/mol. The zero-order valence-electron chi connectivity index (χ0n) is 12.1. The van der Waals surface area contributed by atoms with E-state index in [2.05, 4.69) is 0 Å². The predicted octanol–water partition coefficient (Wildman–Crippen LogP) is 2.11. The Labute approximate surface area is 114 Å². The van der Waals surface area contributed by atoms with Crippen LogP contribution in [0.2, 0.25) is 0 Å². The van der Waals surface area contributed by atoms with E-state index in [1.54, 1.807) is 33.5 Å². The summed E-state index contributed by atoms with van der Waals surface area (Å²) in [5.41, 5.74) is -0.305. The van der Waals surface area contributed by atoms with E-state index in [1.165, 1.54) is 0 Å². The van der Waals surface area contributed by atoms with Crippen molar-refractivity contribution in [3.8, 4) is 23.0 Å². The second-order valence-corrected chi connectivity index (χ2v) is 4.97. The first-order valence-electron chi connectivity index (χ1n) is 6.01. The Morgan fingerprint density at radius 2 is 1.53 bits per heavy atom. The molecule has 0 saturated heterocycles. The van der Waals surface area contributed by atoms with Gasteiger partial charge in [0.2, 0.25) is 5.75 Å². The molecule has 0 aliphatic rings. The van der Waals surface area contributed by atoms with Gasteiger partial charge in [0.05, 0.1) is 34.5 Å². The minimum Gasteiger partial charge on any atom is -0.493 e. The maximum Gasteiger partial charge on any atom is 0.203 e. The lowest BCUT2D eigenvalue weighted by Crippen LogP contribution is -2.25. The molecule has 0 spiro atoms. The van der Waals surface area contributed by atoms with Gasteiger partial charge in [0, 0.05) is 17.5 Å². The van der Waals surface area contributed by atoms with E-state index in [9.17, 15) is 5.11 Å². The van der Waals surface area contributed by atoms with Gasteiger partial charge in [-0.2, -0.15) is 0 Å². The molecule has 0 aromatic heterocycles. The zero-order valence-corrected chi connectivity index (χ0v) is 12.1. The third-order valence-electron chi connectivity index (χ3n) is 2.70. The molecule has 19 heavy (non-hydrogen) atoms. The Balaban J connectivity index is 2.97. The Kier molecular flexibility index (Phi) is 5.30. The minimum atomic E-state index is -0.305. The van der Waals surface area contributed by atoms with Crippen molar-refractivity contribution in [2.75, 3.05) is 34.5 Å². The summed E-state index contributed by atoms with van der Waals surface area (Å²) in [6, 6.07) is 3.46. The summed E-state index contributed by atoms with van der Waals surface area (Å²) < 4.78 is 21.4. The van der Waals surface area contributed by atoms with Crippen molar-refractivity contribution in [2.45, 2.75) is 13.8 Å². The van der Waals surface area contributed by atoms with E-state index >= 15 is 0 Å². The summed E-state index contributed by atoms with van der Waals surface area (Å²) in [5, 5.41) is 9.21. The molecule has 5 nitrogen and oxygen atoms in total. The first-order valence-corrected chi connectivity index (χ1v) is 6.01. The van der Waals surface area contributed by atoms with Gasteiger partial charge in [-0.3, -0.25) is 0 Å². The summed E-state index contributed by atoms with van der Waals surface area (Å²) in [5.74, 6) is 2.21. The lowest BCUT2D eigenvalue weighted by Gasteiger charge is -2.22. The number of aliphatic hydroxyl groups is 1. The summed E-state index contributed by atoms with van der Waals surface area (Å²) in [7, 11) is 4.66. The van der Waals surface area contributed by atoms with Crippen molar-refractivity contribution in [3.63, 3.8) is 0 Å². The lowest BCUT2D eigenvalue weighted by atomic mass is 9.96. The van der Waals surface area contributed by atoms with Gasteiger partial charge >= 0.3 is 0 Å². The minimum absolute atomic E-state index is 0.0530. The first kappa shape index (κ1) is 15.4. The highest BCUT2D eigenvalue weighted by molar-refractivity contribution is 5.55. The molecule has 1 N–H and O–H groups in total. The van der Waals surface area contributed by atoms with Crippen LogP contribution >= 0.6 is 0 Å². The van der Waals surface area contributed by atoms with E-state index in [-0.39, 0.29) is 12.0 Å². The third kappa shape index (κ3) is 3.92. The smallest absolute Gasteiger partial charge is 0.203 e. The number of hydrogen-bond acceptors (Lipinski definition) is 5. The molecule has 0 bridgehead atoms. The Bertz CT molecular complexity index is 389. The normalized spacial score (nSPS) is 11.1. The number of aliphatic hydroxyl groups excluding tert-OH is 1. The van der Waals surface area contributed by atoms with Crippen LogP contribution in [0.15, 0.2) is 12.1 Å². The molecule has 0 atom stereocenters. The summed E-state index contributed by atoms with van der Waals surface area (Å²) in [6.07, 6.45) is 0. The largest absolute Gasteiger partial charge is 0.493 e. The molecule has 0 fully saturated rings. The fourth-order valence-electron chi connectivity index (χ4n) is 1.46. The van der Waals surface area contributed by atoms with Gasteiger partial charge in [-0.25, -0.2) is 0 Å². The van der Waals surface area contributed by atoms with Gasteiger partial charge in [0.15, 0.2) is 11.5 Å². The number of hydrogen-bond donors (Lipinski definition) is 1.